The average Bonchev–Trinajstić information content (AvgIpc) is 3.11. The van der Waals surface area contributed by atoms with Crippen molar-refractivity contribution < 1.29 is 24.5 Å². The van der Waals surface area contributed by atoms with E-state index in [2.05, 4.69) is 10.6 Å². The number of hydrogen-bond donors (Lipinski definition) is 4. The van der Waals surface area contributed by atoms with Gasteiger partial charge in [-0.25, -0.2) is 0 Å². The molecule has 1 unspecified atom stereocenters. The Morgan fingerprint density at radius 1 is 1.03 bits per heavy atom. The van der Waals surface area contributed by atoms with E-state index in [4.69, 9.17) is 4.74 Å². The first-order chi connectivity index (χ1) is 16.3. The molecule has 3 aromatic carbocycles. The molecule has 34 heavy (non-hydrogen) atoms. The molecule has 0 fully saturated rings. The highest BCUT2D eigenvalue weighted by atomic mass is 16.5. The Morgan fingerprint density at radius 3 is 2.47 bits per heavy atom. The summed E-state index contributed by atoms with van der Waals surface area (Å²) in [5.41, 5.74) is 2.08. The van der Waals surface area contributed by atoms with E-state index >= 15 is 0 Å². The van der Waals surface area contributed by atoms with Crippen LogP contribution in [0.15, 0.2) is 66.7 Å². The topological polar surface area (TPSA) is 108 Å². The summed E-state index contributed by atoms with van der Waals surface area (Å²) in [5, 5.41) is 26.0. The zero-order chi connectivity index (χ0) is 24.3. The number of benzene rings is 3. The predicted molar refractivity (Wildman–Crippen MR) is 129 cm³/mol. The highest BCUT2D eigenvalue weighted by molar-refractivity contribution is 6.11. The highest BCUT2D eigenvalue weighted by Gasteiger charge is 2.49. The lowest BCUT2D eigenvalue weighted by Gasteiger charge is -2.29. The summed E-state index contributed by atoms with van der Waals surface area (Å²) in [5.74, 6) is -0.0889. The third kappa shape index (κ3) is 4.34. The minimum absolute atomic E-state index is 0.0136. The summed E-state index contributed by atoms with van der Waals surface area (Å²) in [6, 6.07) is 19.0. The summed E-state index contributed by atoms with van der Waals surface area (Å²) in [7, 11) is 0. The van der Waals surface area contributed by atoms with Crippen LogP contribution in [0.3, 0.4) is 0 Å². The molecule has 1 heterocycles. The molecule has 4 N–H and O–H groups in total. The fraction of sp³-hybridized carbons (Fsp3) is 0.259. The van der Waals surface area contributed by atoms with Crippen LogP contribution in [0.5, 0.6) is 11.5 Å². The van der Waals surface area contributed by atoms with Gasteiger partial charge in [-0.05, 0) is 47.4 Å². The Bertz CT molecular complexity index is 1210. The van der Waals surface area contributed by atoms with Gasteiger partial charge in [-0.3, -0.25) is 9.59 Å². The van der Waals surface area contributed by atoms with Gasteiger partial charge in [-0.15, -0.1) is 0 Å². The number of anilines is 1. The number of fused-ring (bicyclic) bond motifs is 1. The first kappa shape index (κ1) is 23.3. The molecule has 1 aliphatic rings. The van der Waals surface area contributed by atoms with Crippen molar-refractivity contribution in [1.29, 1.82) is 0 Å². The van der Waals surface area contributed by atoms with E-state index in [9.17, 15) is 19.8 Å². The van der Waals surface area contributed by atoms with Crippen molar-refractivity contribution >= 4 is 17.5 Å². The van der Waals surface area contributed by atoms with Crippen molar-refractivity contribution in [2.24, 2.45) is 5.92 Å². The molecule has 0 saturated carbocycles. The maximum atomic E-state index is 13.6. The second kappa shape index (κ2) is 9.57. The largest absolute Gasteiger partial charge is 0.508 e. The van der Waals surface area contributed by atoms with Crippen LogP contribution in [0, 0.1) is 5.92 Å². The third-order valence-electron chi connectivity index (χ3n) is 5.89. The fourth-order valence-electron chi connectivity index (χ4n) is 4.30. The fourth-order valence-corrected chi connectivity index (χ4v) is 4.30. The number of amides is 2. The maximum Gasteiger partial charge on any atom is 0.246 e. The van der Waals surface area contributed by atoms with Crippen LogP contribution < -0.4 is 10.6 Å². The molecule has 2 amide bonds. The second-order valence-corrected chi connectivity index (χ2v) is 8.83. The van der Waals surface area contributed by atoms with Crippen molar-refractivity contribution in [1.82, 2.24) is 5.32 Å². The lowest BCUT2D eigenvalue weighted by molar-refractivity contribution is -0.126. The van der Waals surface area contributed by atoms with Gasteiger partial charge >= 0.3 is 0 Å². The van der Waals surface area contributed by atoms with E-state index in [0.717, 1.165) is 5.56 Å². The summed E-state index contributed by atoms with van der Waals surface area (Å²) in [4.78, 5) is 25.7. The van der Waals surface area contributed by atoms with Gasteiger partial charge < -0.3 is 25.6 Å². The van der Waals surface area contributed by atoms with Gasteiger partial charge in [0.05, 0.1) is 0 Å². The molecule has 4 rings (SSSR count). The average molecular weight is 461 g/mol. The number of phenols is 2. The number of carbonyl (C=O) groups is 2. The standard InChI is InChI=1S/C27H28N2O5/c1-17(2)15-34-16-25(32)28-14-18-13-20(9-12-24(18)31)27(19-7-10-21(30)11-8-19)22-5-3-4-6-23(22)29-26(27)33/h3-13,17,30-31H,14-16H2,1-2H3,(H,28,32)(H,29,33). The van der Waals surface area contributed by atoms with E-state index in [1.54, 1.807) is 36.4 Å². The Balaban J connectivity index is 1.71. The molecule has 7 heteroatoms. The smallest absolute Gasteiger partial charge is 0.246 e. The minimum Gasteiger partial charge on any atom is -0.508 e. The van der Waals surface area contributed by atoms with Crippen molar-refractivity contribution in [2.75, 3.05) is 18.5 Å². The number of hydrogen-bond acceptors (Lipinski definition) is 5. The van der Waals surface area contributed by atoms with Crippen molar-refractivity contribution in [3.63, 3.8) is 0 Å². The molecule has 3 aromatic rings. The maximum absolute atomic E-state index is 13.6. The molecule has 176 valence electrons. The molecule has 0 radical (unpaired) electrons. The second-order valence-electron chi connectivity index (χ2n) is 8.83. The molecule has 0 bridgehead atoms. The zero-order valence-corrected chi connectivity index (χ0v) is 19.2. The summed E-state index contributed by atoms with van der Waals surface area (Å²) >= 11 is 0. The number of para-hydroxylation sites is 1. The SMILES string of the molecule is CC(C)COCC(=O)NCc1cc(C2(c3ccc(O)cc3)C(=O)Nc3ccccc32)ccc1O. The third-order valence-corrected chi connectivity index (χ3v) is 5.89. The van der Waals surface area contributed by atoms with E-state index < -0.39 is 5.41 Å². The number of nitrogens with one attached hydrogen (secondary N) is 2. The van der Waals surface area contributed by atoms with Gasteiger partial charge in [0.2, 0.25) is 11.8 Å². The zero-order valence-electron chi connectivity index (χ0n) is 19.2. The Hall–Kier alpha value is -3.84. The molecular formula is C27H28N2O5. The molecular weight excluding hydrogens is 432 g/mol. The monoisotopic (exact) mass is 460 g/mol. The predicted octanol–water partition coefficient (Wildman–Crippen LogP) is 3.67. The molecule has 0 aromatic heterocycles. The van der Waals surface area contributed by atoms with Crippen molar-refractivity contribution in [3.05, 3.63) is 89.0 Å². The summed E-state index contributed by atoms with van der Waals surface area (Å²) < 4.78 is 5.37. The van der Waals surface area contributed by atoms with Gasteiger partial charge in [-0.1, -0.05) is 50.2 Å². The van der Waals surface area contributed by atoms with Crippen LogP contribution in [-0.2, 0) is 26.3 Å². The van der Waals surface area contributed by atoms with Gasteiger partial charge in [0.15, 0.2) is 0 Å². The Morgan fingerprint density at radius 2 is 1.74 bits per heavy atom. The first-order valence-corrected chi connectivity index (χ1v) is 11.2. The lowest BCUT2D eigenvalue weighted by Crippen LogP contribution is -2.37. The molecule has 0 saturated heterocycles. The van der Waals surface area contributed by atoms with Gasteiger partial charge in [0, 0.05) is 30.0 Å². The van der Waals surface area contributed by atoms with Crippen LogP contribution in [0.4, 0.5) is 5.69 Å². The highest BCUT2D eigenvalue weighted by Crippen LogP contribution is 2.48. The quantitative estimate of drug-likeness (QED) is 0.410. The van der Waals surface area contributed by atoms with E-state index in [1.165, 1.54) is 6.07 Å². The number of rotatable bonds is 8. The number of carbonyl (C=O) groups excluding carboxylic acids is 2. The van der Waals surface area contributed by atoms with Crippen molar-refractivity contribution in [2.45, 2.75) is 25.8 Å². The lowest BCUT2D eigenvalue weighted by atomic mass is 9.70. The number of phenolic OH excluding ortho intramolecular Hbond substituents is 2. The van der Waals surface area contributed by atoms with Crippen LogP contribution in [0.1, 0.15) is 36.1 Å². The number of ether oxygens (including phenoxy) is 1. The molecule has 1 aliphatic heterocycles. The molecule has 0 spiro atoms. The van der Waals surface area contributed by atoms with E-state index in [-0.39, 0.29) is 36.5 Å². The van der Waals surface area contributed by atoms with Gasteiger partial charge in [0.1, 0.15) is 23.5 Å². The van der Waals surface area contributed by atoms with Gasteiger partial charge in [0.25, 0.3) is 0 Å². The Labute approximate surface area is 198 Å². The van der Waals surface area contributed by atoms with Crippen LogP contribution in [-0.4, -0.2) is 35.2 Å². The van der Waals surface area contributed by atoms with Crippen LogP contribution in [0.2, 0.25) is 0 Å². The van der Waals surface area contributed by atoms with E-state index in [0.29, 0.717) is 34.9 Å². The molecule has 7 nitrogen and oxygen atoms in total. The summed E-state index contributed by atoms with van der Waals surface area (Å²) in [6.45, 7) is 4.51. The van der Waals surface area contributed by atoms with Crippen LogP contribution in [0.25, 0.3) is 0 Å². The van der Waals surface area contributed by atoms with Crippen molar-refractivity contribution in [3.8, 4) is 11.5 Å². The van der Waals surface area contributed by atoms with Gasteiger partial charge in [-0.2, -0.15) is 0 Å². The molecule has 0 aliphatic carbocycles. The summed E-state index contributed by atoms with van der Waals surface area (Å²) in [6.07, 6.45) is 0. The Kier molecular flexibility index (Phi) is 6.56. The number of aromatic hydroxyl groups is 2. The minimum atomic E-state index is -1.18. The molecule has 1 atom stereocenters. The van der Waals surface area contributed by atoms with E-state index in [1.807, 2.05) is 38.1 Å². The van der Waals surface area contributed by atoms with Crippen LogP contribution >= 0.6 is 0 Å². The normalized spacial score (nSPS) is 16.9. The first-order valence-electron chi connectivity index (χ1n) is 11.2.